The molecule has 0 bridgehead atoms. The summed E-state index contributed by atoms with van der Waals surface area (Å²) in [5.41, 5.74) is 2.31. The second-order valence-electron chi connectivity index (χ2n) is 4.10. The second-order valence-corrected chi connectivity index (χ2v) is 4.95. The van der Waals surface area contributed by atoms with E-state index in [0.717, 1.165) is 10.0 Å². The molecule has 0 aliphatic rings. The molecule has 0 unspecified atom stereocenters. The van der Waals surface area contributed by atoms with Crippen molar-refractivity contribution in [2.45, 2.75) is 26.5 Å². The lowest BCUT2D eigenvalue weighted by Crippen LogP contribution is -1.99. The lowest BCUT2D eigenvalue weighted by Gasteiger charge is -2.08. The van der Waals surface area contributed by atoms with Gasteiger partial charge in [0.1, 0.15) is 0 Å². The van der Waals surface area contributed by atoms with Gasteiger partial charge in [-0.25, -0.2) is 5.90 Å². The highest BCUT2D eigenvalue weighted by atomic mass is 79.9. The maximum absolute atomic E-state index is 5.16. The van der Waals surface area contributed by atoms with E-state index in [4.69, 9.17) is 10.7 Å². The van der Waals surface area contributed by atoms with Crippen LogP contribution in [-0.4, -0.2) is 4.57 Å². The summed E-state index contributed by atoms with van der Waals surface area (Å²) in [7, 11) is 0. The van der Waals surface area contributed by atoms with Gasteiger partial charge in [0.05, 0.1) is 6.61 Å². The van der Waals surface area contributed by atoms with Crippen LogP contribution in [0, 0.1) is 0 Å². The Morgan fingerprint density at radius 1 is 1.44 bits per heavy atom. The van der Waals surface area contributed by atoms with E-state index in [2.05, 4.69) is 46.6 Å². The maximum Gasteiger partial charge on any atom is 0.0951 e. The largest absolute Gasteiger partial charge is 0.345 e. The van der Waals surface area contributed by atoms with E-state index in [-0.39, 0.29) is 0 Å². The number of aromatic nitrogens is 1. The minimum atomic E-state index is 0.420. The summed E-state index contributed by atoms with van der Waals surface area (Å²) in [6, 6.07) is 6.61. The Morgan fingerprint density at radius 2 is 2.19 bits per heavy atom. The lowest BCUT2D eigenvalue weighted by atomic mass is 10.2. The van der Waals surface area contributed by atoms with Crippen molar-refractivity contribution in [1.82, 2.24) is 4.57 Å². The van der Waals surface area contributed by atoms with Crippen molar-refractivity contribution < 1.29 is 4.84 Å². The molecular weight excluding hydrogens is 268 g/mol. The van der Waals surface area contributed by atoms with Crippen molar-refractivity contribution in [2.24, 2.45) is 5.90 Å². The Morgan fingerprint density at radius 3 is 2.81 bits per heavy atom. The molecule has 0 amide bonds. The summed E-state index contributed by atoms with van der Waals surface area (Å²) >= 11 is 3.57. The fourth-order valence-corrected chi connectivity index (χ4v) is 2.58. The van der Waals surface area contributed by atoms with Crippen molar-refractivity contribution in [3.05, 3.63) is 34.4 Å². The minimum absolute atomic E-state index is 0.420. The van der Waals surface area contributed by atoms with Gasteiger partial charge in [-0.05, 0) is 26.0 Å². The Bertz CT molecular complexity index is 505. The summed E-state index contributed by atoms with van der Waals surface area (Å²) < 4.78 is 3.31. The van der Waals surface area contributed by atoms with E-state index in [1.165, 1.54) is 10.9 Å². The van der Waals surface area contributed by atoms with Crippen LogP contribution in [0.5, 0.6) is 0 Å². The highest BCUT2D eigenvalue weighted by Gasteiger charge is 2.12. The van der Waals surface area contributed by atoms with Crippen LogP contribution in [0.4, 0.5) is 0 Å². The molecule has 0 aliphatic heterocycles. The van der Waals surface area contributed by atoms with E-state index in [1.807, 2.05) is 12.1 Å². The van der Waals surface area contributed by atoms with Gasteiger partial charge in [0.2, 0.25) is 0 Å². The summed E-state index contributed by atoms with van der Waals surface area (Å²) in [6.45, 7) is 4.75. The highest BCUT2D eigenvalue weighted by Crippen LogP contribution is 2.31. The van der Waals surface area contributed by atoms with Gasteiger partial charge >= 0.3 is 0 Å². The summed E-state index contributed by atoms with van der Waals surface area (Å²) in [5, 5.41) is 1.18. The Labute approximate surface area is 103 Å². The molecule has 0 spiro atoms. The van der Waals surface area contributed by atoms with E-state index in [9.17, 15) is 0 Å². The van der Waals surface area contributed by atoms with Crippen LogP contribution in [0.2, 0.25) is 0 Å². The Hall–Kier alpha value is -0.840. The topological polar surface area (TPSA) is 40.2 Å². The number of benzene rings is 1. The molecule has 86 valence electrons. The van der Waals surface area contributed by atoms with Crippen LogP contribution < -0.4 is 5.90 Å². The molecule has 1 aromatic heterocycles. The lowest BCUT2D eigenvalue weighted by molar-refractivity contribution is 0.125. The molecule has 1 heterocycles. The molecule has 0 saturated heterocycles. The first-order valence-electron chi connectivity index (χ1n) is 5.24. The zero-order valence-corrected chi connectivity index (χ0v) is 11.0. The normalized spacial score (nSPS) is 11.6. The van der Waals surface area contributed by atoms with E-state index in [0.29, 0.717) is 12.6 Å². The first-order valence-corrected chi connectivity index (χ1v) is 6.04. The molecule has 3 nitrogen and oxygen atoms in total. The van der Waals surface area contributed by atoms with Crippen LogP contribution >= 0.6 is 15.9 Å². The SMILES string of the molecule is CC(C)n1cc(CON)c2c(Br)cccc21. The third kappa shape index (κ3) is 1.88. The van der Waals surface area contributed by atoms with Crippen LogP contribution in [0.15, 0.2) is 28.9 Å². The predicted octanol–water partition coefficient (Wildman–Crippen LogP) is 3.38. The first-order chi connectivity index (χ1) is 7.65. The predicted molar refractivity (Wildman–Crippen MR) is 69.0 cm³/mol. The molecule has 0 fully saturated rings. The summed E-state index contributed by atoms with van der Waals surface area (Å²) in [6.07, 6.45) is 2.10. The van der Waals surface area contributed by atoms with Crippen molar-refractivity contribution in [2.75, 3.05) is 0 Å². The molecule has 16 heavy (non-hydrogen) atoms. The maximum atomic E-state index is 5.16. The van der Waals surface area contributed by atoms with Crippen LogP contribution in [0.1, 0.15) is 25.5 Å². The van der Waals surface area contributed by atoms with E-state index >= 15 is 0 Å². The third-order valence-electron chi connectivity index (χ3n) is 2.68. The number of fused-ring (bicyclic) bond motifs is 1. The standard InChI is InChI=1S/C12H15BrN2O/c1-8(2)15-6-9(7-16-14)12-10(13)4-3-5-11(12)15/h3-6,8H,7,14H2,1-2H3. The molecule has 2 aromatic rings. The molecule has 2 N–H and O–H groups in total. The van der Waals surface area contributed by atoms with Crippen LogP contribution in [0.25, 0.3) is 10.9 Å². The smallest absolute Gasteiger partial charge is 0.0951 e. The van der Waals surface area contributed by atoms with Gasteiger partial charge in [0, 0.05) is 33.2 Å². The van der Waals surface area contributed by atoms with Crippen molar-refractivity contribution in [3.63, 3.8) is 0 Å². The number of nitrogens with zero attached hydrogens (tertiary/aromatic N) is 1. The summed E-state index contributed by atoms with van der Waals surface area (Å²) in [5.74, 6) is 5.16. The average molecular weight is 283 g/mol. The fraction of sp³-hybridized carbons (Fsp3) is 0.333. The number of rotatable bonds is 3. The van der Waals surface area contributed by atoms with Gasteiger partial charge in [-0.2, -0.15) is 0 Å². The zero-order valence-electron chi connectivity index (χ0n) is 9.40. The molecule has 0 saturated carbocycles. The molecule has 2 rings (SSSR count). The molecule has 1 aromatic carbocycles. The molecule has 0 aliphatic carbocycles. The molecular formula is C12H15BrN2O. The third-order valence-corrected chi connectivity index (χ3v) is 3.34. The highest BCUT2D eigenvalue weighted by molar-refractivity contribution is 9.10. The van der Waals surface area contributed by atoms with E-state index < -0.39 is 0 Å². The minimum Gasteiger partial charge on any atom is -0.345 e. The zero-order chi connectivity index (χ0) is 11.7. The molecule has 0 atom stereocenters. The van der Waals surface area contributed by atoms with E-state index in [1.54, 1.807) is 0 Å². The van der Waals surface area contributed by atoms with Gasteiger partial charge in [0.15, 0.2) is 0 Å². The average Bonchev–Trinajstić information content (AvgIpc) is 2.59. The first kappa shape index (κ1) is 11.6. The van der Waals surface area contributed by atoms with Crippen LogP contribution in [-0.2, 0) is 11.4 Å². The van der Waals surface area contributed by atoms with Crippen molar-refractivity contribution in [1.29, 1.82) is 0 Å². The Kier molecular flexibility index (Phi) is 3.33. The van der Waals surface area contributed by atoms with Gasteiger partial charge in [-0.1, -0.05) is 22.0 Å². The number of nitrogens with two attached hydrogens (primary N) is 1. The van der Waals surface area contributed by atoms with Crippen molar-refractivity contribution >= 4 is 26.8 Å². The summed E-state index contributed by atoms with van der Waals surface area (Å²) in [4.78, 5) is 4.75. The number of hydrogen-bond acceptors (Lipinski definition) is 2. The number of halogens is 1. The van der Waals surface area contributed by atoms with Gasteiger partial charge in [0.25, 0.3) is 0 Å². The Balaban J connectivity index is 2.71. The number of hydrogen-bond donors (Lipinski definition) is 1. The van der Waals surface area contributed by atoms with Crippen LogP contribution in [0.3, 0.4) is 0 Å². The van der Waals surface area contributed by atoms with Crippen molar-refractivity contribution in [3.8, 4) is 0 Å². The molecule has 4 heteroatoms. The quantitative estimate of drug-likeness (QED) is 0.877. The van der Waals surface area contributed by atoms with Gasteiger partial charge in [-0.15, -0.1) is 0 Å². The van der Waals surface area contributed by atoms with Gasteiger partial charge in [-0.3, -0.25) is 4.84 Å². The second kappa shape index (κ2) is 4.57. The monoisotopic (exact) mass is 282 g/mol. The fourth-order valence-electron chi connectivity index (χ4n) is 1.97. The van der Waals surface area contributed by atoms with Gasteiger partial charge < -0.3 is 4.57 Å². The molecule has 0 radical (unpaired) electrons.